The maximum atomic E-state index is 3.53. The zero-order valence-corrected chi connectivity index (χ0v) is 12.2. The van der Waals surface area contributed by atoms with Crippen molar-refractivity contribution < 1.29 is 0 Å². The Bertz CT molecular complexity index is 374. The summed E-state index contributed by atoms with van der Waals surface area (Å²) in [6, 6.07) is 7.38. The Labute approximate surface area is 109 Å². The summed E-state index contributed by atoms with van der Waals surface area (Å²) >= 11 is 2.12. The fourth-order valence-electron chi connectivity index (χ4n) is 3.03. The van der Waals surface area contributed by atoms with Gasteiger partial charge in [-0.05, 0) is 52.0 Å². The Kier molecular flexibility index (Phi) is 3.84. The zero-order valence-electron chi connectivity index (χ0n) is 11.3. The van der Waals surface area contributed by atoms with Gasteiger partial charge in [-0.2, -0.15) is 11.8 Å². The summed E-state index contributed by atoms with van der Waals surface area (Å²) < 4.78 is 0.356. The normalized spacial score (nSPS) is 26.1. The van der Waals surface area contributed by atoms with Crippen molar-refractivity contribution in [1.82, 2.24) is 5.32 Å². The minimum Gasteiger partial charge on any atom is -0.312 e. The Morgan fingerprint density at radius 3 is 2.35 bits per heavy atom. The molecule has 0 saturated carbocycles. The van der Waals surface area contributed by atoms with E-state index in [4.69, 9.17) is 0 Å². The maximum absolute atomic E-state index is 3.53. The van der Waals surface area contributed by atoms with Crippen LogP contribution in [0.15, 0.2) is 18.2 Å². The van der Waals surface area contributed by atoms with Crippen molar-refractivity contribution in [3.8, 4) is 0 Å². The molecular formula is C15H23NS. The summed E-state index contributed by atoms with van der Waals surface area (Å²) in [4.78, 5) is 0. The molecule has 94 valence electrons. The Morgan fingerprint density at radius 1 is 1.24 bits per heavy atom. The molecule has 1 fully saturated rings. The van der Waals surface area contributed by atoms with Crippen LogP contribution in [0.3, 0.4) is 0 Å². The van der Waals surface area contributed by atoms with Crippen molar-refractivity contribution in [3.05, 3.63) is 34.9 Å². The molecular weight excluding hydrogens is 226 g/mol. The van der Waals surface area contributed by atoms with E-state index in [1.54, 1.807) is 0 Å². The molecule has 0 aliphatic carbocycles. The van der Waals surface area contributed by atoms with Crippen LogP contribution in [0.2, 0.25) is 0 Å². The van der Waals surface area contributed by atoms with Gasteiger partial charge in [0.1, 0.15) is 0 Å². The second kappa shape index (κ2) is 5.03. The van der Waals surface area contributed by atoms with Crippen molar-refractivity contribution in [1.29, 1.82) is 0 Å². The van der Waals surface area contributed by atoms with Gasteiger partial charge in [0.2, 0.25) is 0 Å². The van der Waals surface area contributed by atoms with Crippen LogP contribution in [-0.2, 0) is 0 Å². The van der Waals surface area contributed by atoms with E-state index in [0.29, 0.717) is 10.8 Å². The van der Waals surface area contributed by atoms with Gasteiger partial charge in [-0.15, -0.1) is 0 Å². The lowest BCUT2D eigenvalue weighted by Crippen LogP contribution is -2.35. The lowest BCUT2D eigenvalue weighted by atomic mass is 9.89. The molecule has 17 heavy (non-hydrogen) atoms. The highest BCUT2D eigenvalue weighted by Gasteiger charge is 2.37. The largest absolute Gasteiger partial charge is 0.312 e. The third kappa shape index (κ3) is 2.69. The van der Waals surface area contributed by atoms with Crippen LogP contribution < -0.4 is 5.32 Å². The van der Waals surface area contributed by atoms with Gasteiger partial charge in [-0.1, -0.05) is 29.3 Å². The smallest absolute Gasteiger partial charge is 0.0464 e. The molecule has 1 N–H and O–H groups in total. The number of thioether (sulfide) groups is 1. The molecule has 1 aliphatic rings. The van der Waals surface area contributed by atoms with E-state index in [-0.39, 0.29) is 0 Å². The summed E-state index contributed by atoms with van der Waals surface area (Å²) in [7, 11) is 2.09. The summed E-state index contributed by atoms with van der Waals surface area (Å²) in [5, 5.41) is 3.53. The third-order valence-corrected chi connectivity index (χ3v) is 5.32. The van der Waals surface area contributed by atoms with Gasteiger partial charge in [0.15, 0.2) is 0 Å². The second-order valence-corrected chi connectivity index (χ2v) is 7.04. The Hall–Kier alpha value is -0.470. The molecule has 0 radical (unpaired) electrons. The Morgan fingerprint density at radius 2 is 1.88 bits per heavy atom. The average molecular weight is 249 g/mol. The van der Waals surface area contributed by atoms with Gasteiger partial charge >= 0.3 is 0 Å². The van der Waals surface area contributed by atoms with E-state index < -0.39 is 0 Å². The zero-order chi connectivity index (χ0) is 12.5. The fraction of sp³-hybridized carbons (Fsp3) is 0.600. The number of benzene rings is 1. The monoisotopic (exact) mass is 249 g/mol. The molecule has 2 rings (SSSR count). The minimum absolute atomic E-state index is 0.356. The molecule has 0 amide bonds. The third-order valence-electron chi connectivity index (χ3n) is 3.73. The number of nitrogens with one attached hydrogen (secondary N) is 1. The van der Waals surface area contributed by atoms with Crippen molar-refractivity contribution >= 4 is 11.8 Å². The van der Waals surface area contributed by atoms with Crippen LogP contribution in [-0.4, -0.2) is 17.5 Å². The van der Waals surface area contributed by atoms with E-state index in [0.717, 1.165) is 0 Å². The molecule has 1 aliphatic heterocycles. The van der Waals surface area contributed by atoms with Crippen molar-refractivity contribution in [2.24, 2.45) is 0 Å². The summed E-state index contributed by atoms with van der Waals surface area (Å²) in [5.41, 5.74) is 4.18. The number of hydrogen-bond donors (Lipinski definition) is 1. The van der Waals surface area contributed by atoms with Gasteiger partial charge in [-0.25, -0.2) is 0 Å². The molecule has 1 heterocycles. The molecule has 1 nitrogen and oxygen atoms in total. The molecule has 2 atom stereocenters. The van der Waals surface area contributed by atoms with E-state index in [1.807, 2.05) is 0 Å². The van der Waals surface area contributed by atoms with Crippen LogP contribution in [0.5, 0.6) is 0 Å². The van der Waals surface area contributed by atoms with Crippen molar-refractivity contribution in [2.45, 2.75) is 44.4 Å². The summed E-state index contributed by atoms with van der Waals surface area (Å²) in [6.45, 7) is 6.78. The van der Waals surface area contributed by atoms with E-state index in [9.17, 15) is 0 Å². The standard InChI is InChI=1S/C15H23NS/c1-11-8-12(2)10-13(9-11)14(16-4)15(3)6-5-7-17-15/h8-10,14,16H,5-7H2,1-4H3. The van der Waals surface area contributed by atoms with Gasteiger partial charge in [0, 0.05) is 10.8 Å². The van der Waals surface area contributed by atoms with Crippen LogP contribution in [0.1, 0.15) is 42.5 Å². The molecule has 0 bridgehead atoms. The molecule has 0 aromatic heterocycles. The molecule has 0 spiro atoms. The summed E-state index contributed by atoms with van der Waals surface area (Å²) in [6.07, 6.45) is 2.67. The molecule has 1 aromatic rings. The van der Waals surface area contributed by atoms with Gasteiger partial charge in [-0.3, -0.25) is 0 Å². The minimum atomic E-state index is 0.356. The highest BCUT2D eigenvalue weighted by atomic mass is 32.2. The van der Waals surface area contributed by atoms with Crippen LogP contribution in [0, 0.1) is 13.8 Å². The lowest BCUT2D eigenvalue weighted by Gasteiger charge is -2.34. The highest BCUT2D eigenvalue weighted by Crippen LogP contribution is 2.46. The fourth-order valence-corrected chi connectivity index (χ4v) is 4.49. The second-order valence-electron chi connectivity index (χ2n) is 5.41. The van der Waals surface area contributed by atoms with Crippen LogP contribution in [0.4, 0.5) is 0 Å². The maximum Gasteiger partial charge on any atom is 0.0464 e. The number of hydrogen-bond acceptors (Lipinski definition) is 2. The molecule has 1 aromatic carbocycles. The first-order valence-corrected chi connectivity index (χ1v) is 7.43. The van der Waals surface area contributed by atoms with E-state index in [1.165, 1.54) is 35.3 Å². The summed E-state index contributed by atoms with van der Waals surface area (Å²) in [5.74, 6) is 1.31. The van der Waals surface area contributed by atoms with Crippen LogP contribution in [0.25, 0.3) is 0 Å². The first kappa shape index (κ1) is 13.0. The predicted molar refractivity (Wildman–Crippen MR) is 77.8 cm³/mol. The topological polar surface area (TPSA) is 12.0 Å². The average Bonchev–Trinajstić information content (AvgIpc) is 2.65. The number of rotatable bonds is 3. The SMILES string of the molecule is CNC(c1cc(C)cc(C)c1)C1(C)CCCS1. The molecule has 2 heteroatoms. The van der Waals surface area contributed by atoms with Gasteiger partial charge < -0.3 is 5.32 Å². The first-order valence-electron chi connectivity index (χ1n) is 6.44. The van der Waals surface area contributed by atoms with Gasteiger partial charge in [0.05, 0.1) is 0 Å². The Balaban J connectivity index is 2.34. The van der Waals surface area contributed by atoms with E-state index >= 15 is 0 Å². The number of aryl methyl sites for hydroxylation is 2. The first-order chi connectivity index (χ1) is 8.05. The van der Waals surface area contributed by atoms with Crippen molar-refractivity contribution in [2.75, 3.05) is 12.8 Å². The predicted octanol–water partition coefficient (Wildman–Crippen LogP) is 3.85. The quantitative estimate of drug-likeness (QED) is 0.873. The van der Waals surface area contributed by atoms with E-state index in [2.05, 4.69) is 63.1 Å². The van der Waals surface area contributed by atoms with Crippen LogP contribution >= 0.6 is 11.8 Å². The molecule has 2 unspecified atom stereocenters. The highest BCUT2D eigenvalue weighted by molar-refractivity contribution is 8.00. The van der Waals surface area contributed by atoms with Gasteiger partial charge in [0.25, 0.3) is 0 Å². The van der Waals surface area contributed by atoms with Crippen molar-refractivity contribution in [3.63, 3.8) is 0 Å². The molecule has 1 saturated heterocycles. The lowest BCUT2D eigenvalue weighted by molar-refractivity contribution is 0.440.